The minimum atomic E-state index is -0.0911. The number of rotatable bonds is 6. The number of hydrogen-bond donors (Lipinski definition) is 2. The highest BCUT2D eigenvalue weighted by Gasteiger charge is 2.13. The fourth-order valence-corrected chi connectivity index (χ4v) is 3.52. The molecule has 0 radical (unpaired) electrons. The van der Waals surface area contributed by atoms with Gasteiger partial charge in [-0.3, -0.25) is 9.48 Å². The van der Waals surface area contributed by atoms with Crippen molar-refractivity contribution < 1.29 is 4.79 Å². The molecule has 0 saturated carbocycles. The highest BCUT2D eigenvalue weighted by Crippen LogP contribution is 2.29. The van der Waals surface area contributed by atoms with Gasteiger partial charge >= 0.3 is 0 Å². The molecule has 4 aromatic rings. The molecule has 2 aromatic carbocycles. The van der Waals surface area contributed by atoms with Crippen molar-refractivity contribution in [2.75, 3.05) is 17.7 Å². The third-order valence-electron chi connectivity index (χ3n) is 5.02. The Labute approximate surface area is 175 Å². The van der Waals surface area contributed by atoms with Gasteiger partial charge in [-0.2, -0.15) is 5.10 Å². The fraction of sp³-hybridized carbons (Fsp3) is 0.217. The molecule has 0 saturated heterocycles. The number of anilines is 2. The third-order valence-corrected chi connectivity index (χ3v) is 5.02. The molecule has 0 spiro atoms. The molecule has 2 N–H and O–H groups in total. The van der Waals surface area contributed by atoms with E-state index < -0.39 is 0 Å². The summed E-state index contributed by atoms with van der Waals surface area (Å²) < 4.78 is 1.78. The minimum absolute atomic E-state index is 0.0911. The number of hydrogen-bond acceptors (Lipinski definition) is 5. The maximum absolute atomic E-state index is 12.4. The zero-order valence-electron chi connectivity index (χ0n) is 17.3. The summed E-state index contributed by atoms with van der Waals surface area (Å²) in [6, 6.07) is 15.7. The van der Waals surface area contributed by atoms with Crippen LogP contribution in [0.25, 0.3) is 22.2 Å². The lowest BCUT2D eigenvalue weighted by molar-refractivity contribution is -0.115. The summed E-state index contributed by atoms with van der Waals surface area (Å²) in [5.41, 5.74) is 4.98. The molecule has 1 amide bonds. The van der Waals surface area contributed by atoms with E-state index in [2.05, 4.69) is 44.8 Å². The lowest BCUT2D eigenvalue weighted by Crippen LogP contribution is -2.14. The molecule has 4 rings (SSSR count). The van der Waals surface area contributed by atoms with Crippen LogP contribution in [0.3, 0.4) is 0 Å². The number of nitrogens with zero attached hydrogens (tertiary/aromatic N) is 4. The standard InChI is InChI=1S/C23H24N6O/c1-4-16-11-17(12-18-14-25-23(24-2)27-22(16)18)19-13-20(28-29(19)3)26-21(30)10-15-8-6-5-7-9-15/h5-9,11-14H,4,10H2,1-3H3,(H,24,25,27)(H,26,28,30). The Balaban J connectivity index is 1.62. The van der Waals surface area contributed by atoms with Gasteiger partial charge in [0.05, 0.1) is 17.6 Å². The van der Waals surface area contributed by atoms with Crippen LogP contribution in [0.5, 0.6) is 0 Å². The topological polar surface area (TPSA) is 84.7 Å². The first kappa shape index (κ1) is 19.6. The molecule has 0 bridgehead atoms. The normalized spacial score (nSPS) is 10.9. The Hall–Kier alpha value is -3.74. The van der Waals surface area contributed by atoms with E-state index in [4.69, 9.17) is 0 Å². The summed E-state index contributed by atoms with van der Waals surface area (Å²) in [6.07, 6.45) is 2.99. The Morgan fingerprint density at radius 2 is 1.93 bits per heavy atom. The number of benzene rings is 2. The van der Waals surface area contributed by atoms with E-state index in [-0.39, 0.29) is 5.91 Å². The summed E-state index contributed by atoms with van der Waals surface area (Å²) in [5.74, 6) is 1.05. The lowest BCUT2D eigenvalue weighted by Gasteiger charge is -2.09. The molecule has 152 valence electrons. The van der Waals surface area contributed by atoms with E-state index in [1.165, 1.54) is 0 Å². The van der Waals surface area contributed by atoms with Gasteiger partial charge in [0.15, 0.2) is 5.82 Å². The smallest absolute Gasteiger partial charge is 0.229 e. The average molecular weight is 400 g/mol. The first-order chi connectivity index (χ1) is 14.6. The molecule has 0 atom stereocenters. The van der Waals surface area contributed by atoms with Crippen molar-refractivity contribution in [3.05, 3.63) is 65.9 Å². The van der Waals surface area contributed by atoms with Crippen LogP contribution in [0.1, 0.15) is 18.1 Å². The summed E-state index contributed by atoms with van der Waals surface area (Å²) in [5, 5.41) is 11.3. The Morgan fingerprint density at radius 3 is 2.67 bits per heavy atom. The van der Waals surface area contributed by atoms with Crippen molar-refractivity contribution in [2.24, 2.45) is 7.05 Å². The first-order valence-corrected chi connectivity index (χ1v) is 9.93. The van der Waals surface area contributed by atoms with Gasteiger partial charge < -0.3 is 10.6 Å². The van der Waals surface area contributed by atoms with Crippen molar-refractivity contribution in [3.8, 4) is 11.3 Å². The van der Waals surface area contributed by atoms with Crippen LogP contribution in [0.2, 0.25) is 0 Å². The number of aryl methyl sites for hydroxylation is 2. The number of carbonyl (C=O) groups excluding carboxylic acids is 1. The highest BCUT2D eigenvalue weighted by molar-refractivity contribution is 5.92. The Bertz CT molecular complexity index is 1200. The second-order valence-corrected chi connectivity index (χ2v) is 7.12. The van der Waals surface area contributed by atoms with E-state index in [0.29, 0.717) is 18.2 Å². The number of amides is 1. The van der Waals surface area contributed by atoms with E-state index in [1.54, 1.807) is 4.68 Å². The summed E-state index contributed by atoms with van der Waals surface area (Å²) in [6.45, 7) is 2.11. The maximum atomic E-state index is 12.4. The monoisotopic (exact) mass is 400 g/mol. The van der Waals surface area contributed by atoms with Crippen molar-refractivity contribution >= 4 is 28.6 Å². The molecule has 0 fully saturated rings. The second-order valence-electron chi connectivity index (χ2n) is 7.12. The zero-order valence-corrected chi connectivity index (χ0v) is 17.3. The first-order valence-electron chi connectivity index (χ1n) is 9.93. The van der Waals surface area contributed by atoms with Gasteiger partial charge in [-0.25, -0.2) is 9.97 Å². The summed E-state index contributed by atoms with van der Waals surface area (Å²) >= 11 is 0. The number of carbonyl (C=O) groups is 1. The number of aromatic nitrogens is 4. The molecule has 7 nitrogen and oxygen atoms in total. The van der Waals surface area contributed by atoms with E-state index >= 15 is 0 Å². The van der Waals surface area contributed by atoms with Crippen LogP contribution in [0.4, 0.5) is 11.8 Å². The van der Waals surface area contributed by atoms with Crippen molar-refractivity contribution in [2.45, 2.75) is 19.8 Å². The summed E-state index contributed by atoms with van der Waals surface area (Å²) in [7, 11) is 3.68. The lowest BCUT2D eigenvalue weighted by atomic mass is 10.0. The van der Waals surface area contributed by atoms with Crippen LogP contribution in [0, 0.1) is 0 Å². The summed E-state index contributed by atoms with van der Waals surface area (Å²) in [4.78, 5) is 21.3. The molecule has 2 aromatic heterocycles. The van der Waals surface area contributed by atoms with Crippen LogP contribution in [-0.2, 0) is 24.7 Å². The van der Waals surface area contributed by atoms with Gasteiger partial charge in [0.2, 0.25) is 11.9 Å². The molecule has 0 aliphatic heterocycles. The fourth-order valence-electron chi connectivity index (χ4n) is 3.52. The molecule has 0 aliphatic rings. The molecule has 2 heterocycles. The molecular weight excluding hydrogens is 376 g/mol. The maximum Gasteiger partial charge on any atom is 0.229 e. The van der Waals surface area contributed by atoms with Gasteiger partial charge in [-0.15, -0.1) is 0 Å². The molecule has 7 heteroatoms. The van der Waals surface area contributed by atoms with E-state index in [9.17, 15) is 4.79 Å². The molecule has 0 aliphatic carbocycles. The quantitative estimate of drug-likeness (QED) is 0.514. The van der Waals surface area contributed by atoms with Gasteiger partial charge in [-0.05, 0) is 29.7 Å². The van der Waals surface area contributed by atoms with Crippen LogP contribution >= 0.6 is 0 Å². The molecule has 0 unspecified atom stereocenters. The third kappa shape index (κ3) is 4.00. The average Bonchev–Trinajstić information content (AvgIpc) is 3.12. The number of nitrogens with one attached hydrogen (secondary N) is 2. The van der Waals surface area contributed by atoms with Gasteiger partial charge in [0.1, 0.15) is 0 Å². The van der Waals surface area contributed by atoms with Crippen molar-refractivity contribution in [1.29, 1.82) is 0 Å². The predicted molar refractivity (Wildman–Crippen MR) is 119 cm³/mol. The van der Waals surface area contributed by atoms with Crippen molar-refractivity contribution in [3.63, 3.8) is 0 Å². The van der Waals surface area contributed by atoms with E-state index in [0.717, 1.165) is 39.7 Å². The van der Waals surface area contributed by atoms with Crippen LogP contribution < -0.4 is 10.6 Å². The molecular formula is C23H24N6O. The van der Waals surface area contributed by atoms with Crippen molar-refractivity contribution in [1.82, 2.24) is 19.7 Å². The van der Waals surface area contributed by atoms with Crippen LogP contribution in [-0.4, -0.2) is 32.7 Å². The Morgan fingerprint density at radius 1 is 1.13 bits per heavy atom. The van der Waals surface area contributed by atoms with Crippen LogP contribution in [0.15, 0.2) is 54.7 Å². The largest absolute Gasteiger partial charge is 0.357 e. The molecule has 30 heavy (non-hydrogen) atoms. The Kier molecular flexibility index (Phi) is 5.43. The SMILES string of the molecule is CCc1cc(-c2cc(NC(=O)Cc3ccccc3)nn2C)cc2cnc(NC)nc12. The minimum Gasteiger partial charge on any atom is -0.357 e. The highest BCUT2D eigenvalue weighted by atomic mass is 16.1. The van der Waals surface area contributed by atoms with E-state index in [1.807, 2.05) is 56.7 Å². The second kappa shape index (κ2) is 8.32. The number of fused-ring (bicyclic) bond motifs is 1. The van der Waals surface area contributed by atoms with Gasteiger partial charge in [0, 0.05) is 37.3 Å². The zero-order chi connectivity index (χ0) is 21.1. The van der Waals surface area contributed by atoms with Gasteiger partial charge in [-0.1, -0.05) is 37.3 Å². The predicted octanol–water partition coefficient (Wildman–Crippen LogP) is 3.82. The van der Waals surface area contributed by atoms with Gasteiger partial charge in [0.25, 0.3) is 0 Å².